The zero-order chi connectivity index (χ0) is 16.7. The highest BCUT2D eigenvalue weighted by atomic mass is 32.1. The van der Waals surface area contributed by atoms with E-state index in [2.05, 4.69) is 27.0 Å². The number of aromatic nitrogens is 3. The van der Waals surface area contributed by atoms with E-state index in [1.165, 1.54) is 10.4 Å². The topological polar surface area (TPSA) is 46.4 Å². The summed E-state index contributed by atoms with van der Waals surface area (Å²) >= 11 is 1.74. The molecule has 126 valence electrons. The van der Waals surface area contributed by atoms with Crippen LogP contribution in [-0.2, 0) is 7.05 Å². The molecule has 1 saturated heterocycles. The van der Waals surface area contributed by atoms with Crippen LogP contribution in [0.1, 0.15) is 5.69 Å². The molecular formula is C17H21N5OS. The standard InChI is InChI=1S/C17H21N5OS/c1-12-15-16(20(2)19-12)18-17(24-15)22-10-8-21(9-11-22)13-6-4-5-7-14(13)23-3/h4-7H,8-11H2,1-3H3. The number of nitrogens with zero attached hydrogens (tertiary/aromatic N) is 5. The third kappa shape index (κ3) is 2.49. The maximum Gasteiger partial charge on any atom is 0.188 e. The Kier molecular flexibility index (Phi) is 3.80. The van der Waals surface area contributed by atoms with Crippen LogP contribution in [0.4, 0.5) is 10.8 Å². The fourth-order valence-corrected chi connectivity index (χ4v) is 4.32. The van der Waals surface area contributed by atoms with Crippen LogP contribution in [0, 0.1) is 6.92 Å². The molecule has 6 nitrogen and oxygen atoms in total. The number of methoxy groups -OCH3 is 1. The van der Waals surface area contributed by atoms with E-state index in [-0.39, 0.29) is 0 Å². The third-order valence-electron chi connectivity index (χ3n) is 4.51. The van der Waals surface area contributed by atoms with Crippen LogP contribution in [0.15, 0.2) is 24.3 Å². The molecule has 1 aliphatic heterocycles. The van der Waals surface area contributed by atoms with E-state index in [1.807, 2.05) is 30.8 Å². The second-order valence-electron chi connectivity index (χ2n) is 6.00. The number of para-hydroxylation sites is 2. The molecule has 0 N–H and O–H groups in total. The van der Waals surface area contributed by atoms with Gasteiger partial charge in [0.15, 0.2) is 10.8 Å². The highest BCUT2D eigenvalue weighted by Crippen LogP contribution is 2.33. The molecule has 0 unspecified atom stereocenters. The van der Waals surface area contributed by atoms with Gasteiger partial charge in [0.2, 0.25) is 0 Å². The van der Waals surface area contributed by atoms with Gasteiger partial charge in [-0.2, -0.15) is 5.10 Å². The number of piperazine rings is 1. The van der Waals surface area contributed by atoms with Gasteiger partial charge >= 0.3 is 0 Å². The van der Waals surface area contributed by atoms with Gasteiger partial charge in [-0.05, 0) is 19.1 Å². The average Bonchev–Trinajstić information content (AvgIpc) is 3.17. The van der Waals surface area contributed by atoms with Gasteiger partial charge in [-0.25, -0.2) is 9.67 Å². The molecule has 1 aliphatic rings. The lowest BCUT2D eigenvalue weighted by Crippen LogP contribution is -2.46. The van der Waals surface area contributed by atoms with Crippen molar-refractivity contribution in [3.05, 3.63) is 30.0 Å². The quantitative estimate of drug-likeness (QED) is 0.732. The van der Waals surface area contributed by atoms with Crippen molar-refractivity contribution in [2.24, 2.45) is 7.05 Å². The molecule has 0 radical (unpaired) electrons. The number of fused-ring (bicyclic) bond motifs is 1. The van der Waals surface area contributed by atoms with Crippen LogP contribution in [0.5, 0.6) is 5.75 Å². The van der Waals surface area contributed by atoms with Gasteiger partial charge in [0.05, 0.1) is 23.2 Å². The molecule has 0 saturated carbocycles. The minimum absolute atomic E-state index is 0.938. The van der Waals surface area contributed by atoms with Crippen LogP contribution < -0.4 is 14.5 Å². The van der Waals surface area contributed by atoms with E-state index in [1.54, 1.807) is 18.4 Å². The number of rotatable bonds is 3. The number of aryl methyl sites for hydroxylation is 2. The number of hydrogen-bond donors (Lipinski definition) is 0. The Morgan fingerprint density at radius 3 is 2.50 bits per heavy atom. The normalized spacial score (nSPS) is 15.3. The monoisotopic (exact) mass is 343 g/mol. The lowest BCUT2D eigenvalue weighted by atomic mass is 10.2. The van der Waals surface area contributed by atoms with Crippen LogP contribution in [0.2, 0.25) is 0 Å². The predicted molar refractivity (Wildman–Crippen MR) is 98.5 cm³/mol. The Morgan fingerprint density at radius 2 is 1.79 bits per heavy atom. The van der Waals surface area contributed by atoms with E-state index < -0.39 is 0 Å². The fraction of sp³-hybridized carbons (Fsp3) is 0.412. The Balaban J connectivity index is 1.52. The van der Waals surface area contributed by atoms with Gasteiger partial charge in [-0.15, -0.1) is 0 Å². The van der Waals surface area contributed by atoms with Crippen molar-refractivity contribution in [1.82, 2.24) is 14.8 Å². The Hall–Kier alpha value is -2.28. The van der Waals surface area contributed by atoms with Gasteiger partial charge < -0.3 is 14.5 Å². The molecule has 0 amide bonds. The molecule has 7 heteroatoms. The molecule has 1 fully saturated rings. The minimum Gasteiger partial charge on any atom is -0.495 e. The first-order valence-corrected chi connectivity index (χ1v) is 8.92. The second kappa shape index (κ2) is 5.98. The summed E-state index contributed by atoms with van der Waals surface area (Å²) < 4.78 is 8.56. The SMILES string of the molecule is COc1ccccc1N1CCN(c2nc3c(s2)c(C)nn3C)CC1. The van der Waals surface area contributed by atoms with Gasteiger partial charge in [-0.1, -0.05) is 23.5 Å². The molecule has 3 aromatic rings. The maximum absolute atomic E-state index is 5.49. The van der Waals surface area contributed by atoms with Gasteiger partial charge in [0.1, 0.15) is 5.75 Å². The Morgan fingerprint density at radius 1 is 1.08 bits per heavy atom. The molecule has 1 aromatic carbocycles. The predicted octanol–water partition coefficient (Wildman–Crippen LogP) is 2.67. The summed E-state index contributed by atoms with van der Waals surface area (Å²) in [5.74, 6) is 0.938. The first-order chi connectivity index (χ1) is 11.7. The lowest BCUT2D eigenvalue weighted by molar-refractivity contribution is 0.413. The van der Waals surface area contributed by atoms with Gasteiger partial charge in [0, 0.05) is 33.2 Å². The van der Waals surface area contributed by atoms with Crippen LogP contribution in [-0.4, -0.2) is 48.1 Å². The highest BCUT2D eigenvalue weighted by molar-refractivity contribution is 7.22. The largest absolute Gasteiger partial charge is 0.495 e. The Labute approximate surface area is 145 Å². The first-order valence-electron chi connectivity index (χ1n) is 8.10. The number of hydrogen-bond acceptors (Lipinski definition) is 6. The molecule has 4 rings (SSSR count). The summed E-state index contributed by atoms with van der Waals surface area (Å²) in [4.78, 5) is 9.55. The third-order valence-corrected chi connectivity index (χ3v) is 5.72. The number of ether oxygens (including phenoxy) is 1. The number of thiazole rings is 1. The maximum atomic E-state index is 5.49. The van der Waals surface area contributed by atoms with Crippen molar-refractivity contribution in [1.29, 1.82) is 0 Å². The molecule has 3 heterocycles. The van der Waals surface area contributed by atoms with Gasteiger partial charge in [0.25, 0.3) is 0 Å². The summed E-state index contributed by atoms with van der Waals surface area (Å²) in [5, 5.41) is 5.53. The molecule has 0 atom stereocenters. The van der Waals surface area contributed by atoms with Crippen molar-refractivity contribution in [2.45, 2.75) is 6.92 Å². The number of anilines is 2. The van der Waals surface area contributed by atoms with Crippen molar-refractivity contribution in [3.63, 3.8) is 0 Å². The van der Waals surface area contributed by atoms with Crippen LogP contribution in [0.3, 0.4) is 0 Å². The van der Waals surface area contributed by atoms with Crippen molar-refractivity contribution in [3.8, 4) is 5.75 Å². The summed E-state index contributed by atoms with van der Waals surface area (Å²) in [7, 11) is 3.69. The Bertz CT molecular complexity index is 829. The molecule has 0 bridgehead atoms. The van der Waals surface area contributed by atoms with E-state index in [0.29, 0.717) is 0 Å². The zero-order valence-electron chi connectivity index (χ0n) is 14.2. The van der Waals surface area contributed by atoms with E-state index >= 15 is 0 Å². The summed E-state index contributed by atoms with van der Waals surface area (Å²) in [6.45, 7) is 5.90. The molecule has 24 heavy (non-hydrogen) atoms. The molecule has 0 aliphatic carbocycles. The second-order valence-corrected chi connectivity index (χ2v) is 6.98. The summed E-state index contributed by atoms with van der Waals surface area (Å²) in [6, 6.07) is 8.22. The average molecular weight is 343 g/mol. The summed E-state index contributed by atoms with van der Waals surface area (Å²) in [6.07, 6.45) is 0. The molecule has 2 aromatic heterocycles. The van der Waals surface area contributed by atoms with Crippen LogP contribution >= 0.6 is 11.3 Å². The number of benzene rings is 1. The van der Waals surface area contributed by atoms with E-state index in [0.717, 1.165) is 48.4 Å². The van der Waals surface area contributed by atoms with E-state index in [4.69, 9.17) is 9.72 Å². The van der Waals surface area contributed by atoms with Crippen LogP contribution in [0.25, 0.3) is 10.3 Å². The fourth-order valence-electron chi connectivity index (χ4n) is 3.24. The molecule has 0 spiro atoms. The smallest absolute Gasteiger partial charge is 0.188 e. The van der Waals surface area contributed by atoms with E-state index in [9.17, 15) is 0 Å². The van der Waals surface area contributed by atoms with Crippen molar-refractivity contribution in [2.75, 3.05) is 43.1 Å². The minimum atomic E-state index is 0.938. The lowest BCUT2D eigenvalue weighted by Gasteiger charge is -2.36. The van der Waals surface area contributed by atoms with Crippen molar-refractivity contribution < 1.29 is 4.74 Å². The van der Waals surface area contributed by atoms with Crippen molar-refractivity contribution >= 4 is 32.5 Å². The molecular weight excluding hydrogens is 322 g/mol. The first kappa shape index (κ1) is 15.3. The highest BCUT2D eigenvalue weighted by Gasteiger charge is 2.23. The zero-order valence-corrected chi connectivity index (χ0v) is 15.0. The van der Waals surface area contributed by atoms with Gasteiger partial charge in [-0.3, -0.25) is 0 Å². The summed E-state index contributed by atoms with van der Waals surface area (Å²) in [5.41, 5.74) is 3.22.